The van der Waals surface area contributed by atoms with Crippen LogP contribution >= 0.6 is 0 Å². The number of rotatable bonds is 4. The summed E-state index contributed by atoms with van der Waals surface area (Å²) >= 11 is 0. The van der Waals surface area contributed by atoms with Crippen LogP contribution in [0.15, 0.2) is 11.5 Å². The lowest BCUT2D eigenvalue weighted by Crippen LogP contribution is -2.40. The Kier molecular flexibility index (Phi) is 4.23. The first-order chi connectivity index (χ1) is 9.40. The first kappa shape index (κ1) is 14.7. The Balaban J connectivity index is 2.01. The molecule has 0 bridgehead atoms. The molecule has 1 aromatic rings. The molecule has 0 aromatic carbocycles. The third-order valence-electron chi connectivity index (χ3n) is 3.27. The second kappa shape index (κ2) is 5.75. The van der Waals surface area contributed by atoms with Crippen molar-refractivity contribution < 1.29 is 13.6 Å². The van der Waals surface area contributed by atoms with E-state index in [9.17, 15) is 8.42 Å². The van der Waals surface area contributed by atoms with Crippen molar-refractivity contribution in [1.82, 2.24) is 19.1 Å². The van der Waals surface area contributed by atoms with Gasteiger partial charge in [-0.05, 0) is 18.8 Å². The first-order valence-corrected chi connectivity index (χ1v) is 8.07. The van der Waals surface area contributed by atoms with E-state index >= 15 is 0 Å². The van der Waals surface area contributed by atoms with Gasteiger partial charge in [0.1, 0.15) is 6.33 Å². The molecule has 0 radical (unpaired) electrons. The Labute approximate surface area is 117 Å². The smallest absolute Gasteiger partial charge is 0.219 e. The van der Waals surface area contributed by atoms with Crippen LogP contribution in [0, 0.1) is 5.92 Å². The van der Waals surface area contributed by atoms with Crippen molar-refractivity contribution in [1.29, 1.82) is 0 Å². The molecule has 1 aliphatic heterocycles. The van der Waals surface area contributed by atoms with Crippen LogP contribution in [0.4, 0.5) is 0 Å². The standard InChI is InChI=1S/C10H18N6O3S/c1-20(18,19)16-4-2-3-8(6-16)5-15-7-12-10(13-15)9(11)14-17/h7-8,17H,2-6H2,1H3,(H2,11,14). The third kappa shape index (κ3) is 3.45. The molecule has 0 amide bonds. The Morgan fingerprint density at radius 2 is 2.40 bits per heavy atom. The minimum atomic E-state index is -3.15. The zero-order valence-corrected chi connectivity index (χ0v) is 12.0. The average molecular weight is 302 g/mol. The monoisotopic (exact) mass is 302 g/mol. The molecule has 0 aliphatic carbocycles. The summed E-state index contributed by atoms with van der Waals surface area (Å²) in [6, 6.07) is 0. The highest BCUT2D eigenvalue weighted by Gasteiger charge is 2.26. The molecule has 1 saturated heterocycles. The van der Waals surface area contributed by atoms with E-state index in [1.54, 1.807) is 4.68 Å². The van der Waals surface area contributed by atoms with Gasteiger partial charge in [-0.1, -0.05) is 5.16 Å². The van der Waals surface area contributed by atoms with Gasteiger partial charge >= 0.3 is 0 Å². The highest BCUT2D eigenvalue weighted by Crippen LogP contribution is 2.19. The Bertz CT molecular complexity index is 596. The van der Waals surface area contributed by atoms with E-state index in [2.05, 4.69) is 15.2 Å². The van der Waals surface area contributed by atoms with Crippen LogP contribution < -0.4 is 5.73 Å². The molecule has 1 aromatic heterocycles. The number of amidine groups is 1. The molecule has 1 fully saturated rings. The van der Waals surface area contributed by atoms with E-state index in [4.69, 9.17) is 10.9 Å². The van der Waals surface area contributed by atoms with Gasteiger partial charge in [-0.25, -0.2) is 17.7 Å². The fourth-order valence-corrected chi connectivity index (χ4v) is 3.23. The lowest BCUT2D eigenvalue weighted by molar-refractivity contribution is 0.240. The quantitative estimate of drug-likeness (QED) is 0.319. The number of hydrogen-bond donors (Lipinski definition) is 2. The van der Waals surface area contributed by atoms with Gasteiger partial charge in [0.25, 0.3) is 0 Å². The van der Waals surface area contributed by atoms with E-state index in [0.29, 0.717) is 19.6 Å². The normalized spacial score (nSPS) is 22.1. The van der Waals surface area contributed by atoms with Crippen LogP contribution in [0.1, 0.15) is 18.7 Å². The van der Waals surface area contributed by atoms with Crippen LogP contribution in [0.3, 0.4) is 0 Å². The van der Waals surface area contributed by atoms with Gasteiger partial charge in [0.15, 0.2) is 0 Å². The molecular formula is C10H18N6O3S. The number of piperidine rings is 1. The Morgan fingerprint density at radius 1 is 1.65 bits per heavy atom. The summed E-state index contributed by atoms with van der Waals surface area (Å²) in [5, 5.41) is 15.5. The fraction of sp³-hybridized carbons (Fsp3) is 0.700. The summed E-state index contributed by atoms with van der Waals surface area (Å²) in [4.78, 5) is 3.92. The lowest BCUT2D eigenvalue weighted by atomic mass is 10.00. The van der Waals surface area contributed by atoms with Crippen LogP contribution in [-0.4, -0.2) is 57.9 Å². The van der Waals surface area contributed by atoms with Crippen molar-refractivity contribution in [2.45, 2.75) is 19.4 Å². The van der Waals surface area contributed by atoms with Crippen molar-refractivity contribution >= 4 is 15.9 Å². The molecular weight excluding hydrogens is 284 g/mol. The first-order valence-electron chi connectivity index (χ1n) is 6.22. The topological polar surface area (TPSA) is 127 Å². The number of hydrogen-bond acceptors (Lipinski definition) is 6. The summed E-state index contributed by atoms with van der Waals surface area (Å²) in [5.41, 5.74) is 5.39. The summed E-state index contributed by atoms with van der Waals surface area (Å²) in [7, 11) is -3.15. The Hall–Kier alpha value is -1.68. The average Bonchev–Trinajstić information content (AvgIpc) is 2.85. The molecule has 112 valence electrons. The summed E-state index contributed by atoms with van der Waals surface area (Å²) in [6.07, 6.45) is 4.48. The number of nitrogens with zero attached hydrogens (tertiary/aromatic N) is 5. The molecule has 1 aliphatic rings. The predicted octanol–water partition coefficient (Wildman–Crippen LogP) is -0.956. The van der Waals surface area contributed by atoms with E-state index < -0.39 is 10.0 Å². The molecule has 9 nitrogen and oxygen atoms in total. The number of sulfonamides is 1. The maximum absolute atomic E-state index is 11.5. The molecule has 10 heteroatoms. The zero-order chi connectivity index (χ0) is 14.8. The number of nitrogens with two attached hydrogens (primary N) is 1. The highest BCUT2D eigenvalue weighted by molar-refractivity contribution is 7.88. The van der Waals surface area contributed by atoms with Crippen molar-refractivity contribution in [2.24, 2.45) is 16.8 Å². The van der Waals surface area contributed by atoms with Crippen molar-refractivity contribution in [3.05, 3.63) is 12.2 Å². The van der Waals surface area contributed by atoms with Gasteiger partial charge in [0, 0.05) is 19.6 Å². The Morgan fingerprint density at radius 3 is 3.05 bits per heavy atom. The molecule has 2 rings (SSSR count). The van der Waals surface area contributed by atoms with E-state index in [-0.39, 0.29) is 17.6 Å². The largest absolute Gasteiger partial charge is 0.409 e. The maximum atomic E-state index is 11.5. The molecule has 2 heterocycles. The van der Waals surface area contributed by atoms with Gasteiger partial charge in [-0.2, -0.15) is 0 Å². The number of aromatic nitrogens is 3. The lowest BCUT2D eigenvalue weighted by Gasteiger charge is -2.30. The second-order valence-electron chi connectivity index (χ2n) is 4.90. The van der Waals surface area contributed by atoms with Crippen molar-refractivity contribution in [2.75, 3.05) is 19.3 Å². The summed E-state index contributed by atoms with van der Waals surface area (Å²) < 4.78 is 26.2. The van der Waals surface area contributed by atoms with E-state index in [0.717, 1.165) is 12.8 Å². The van der Waals surface area contributed by atoms with Gasteiger partial charge < -0.3 is 10.9 Å². The van der Waals surface area contributed by atoms with Crippen molar-refractivity contribution in [3.8, 4) is 0 Å². The summed E-state index contributed by atoms with van der Waals surface area (Å²) in [6.45, 7) is 1.61. The van der Waals surface area contributed by atoms with Gasteiger partial charge in [-0.3, -0.25) is 4.68 Å². The van der Waals surface area contributed by atoms with E-state index in [1.165, 1.54) is 16.9 Å². The fourth-order valence-electron chi connectivity index (χ4n) is 2.29. The van der Waals surface area contributed by atoms with E-state index in [1.807, 2.05) is 0 Å². The predicted molar refractivity (Wildman–Crippen MR) is 71.7 cm³/mol. The van der Waals surface area contributed by atoms with Gasteiger partial charge in [0.2, 0.25) is 21.7 Å². The minimum Gasteiger partial charge on any atom is -0.409 e. The third-order valence-corrected chi connectivity index (χ3v) is 4.54. The number of oxime groups is 1. The molecule has 0 saturated carbocycles. The zero-order valence-electron chi connectivity index (χ0n) is 11.2. The van der Waals surface area contributed by atoms with Crippen LogP contribution in [-0.2, 0) is 16.6 Å². The van der Waals surface area contributed by atoms with Crippen molar-refractivity contribution in [3.63, 3.8) is 0 Å². The molecule has 3 N–H and O–H groups in total. The maximum Gasteiger partial charge on any atom is 0.219 e. The van der Waals surface area contributed by atoms with Gasteiger partial charge in [0.05, 0.1) is 6.26 Å². The molecule has 0 spiro atoms. The minimum absolute atomic E-state index is 0.148. The molecule has 1 unspecified atom stereocenters. The SMILES string of the molecule is CS(=O)(=O)N1CCCC(Cn2cnc(C(N)=NO)n2)C1. The second-order valence-corrected chi connectivity index (χ2v) is 6.89. The van der Waals surface area contributed by atoms with Gasteiger partial charge in [-0.15, -0.1) is 5.10 Å². The van der Waals surface area contributed by atoms with Crippen LogP contribution in [0.2, 0.25) is 0 Å². The van der Waals surface area contributed by atoms with Crippen LogP contribution in [0.5, 0.6) is 0 Å². The molecule has 20 heavy (non-hydrogen) atoms. The summed E-state index contributed by atoms with van der Waals surface area (Å²) in [5.74, 6) is 0.189. The van der Waals surface area contributed by atoms with Crippen LogP contribution in [0.25, 0.3) is 0 Å². The highest BCUT2D eigenvalue weighted by atomic mass is 32.2. The molecule has 1 atom stereocenters.